The van der Waals surface area contributed by atoms with Crippen molar-refractivity contribution < 1.29 is 9.59 Å². The van der Waals surface area contributed by atoms with Crippen molar-refractivity contribution in [2.45, 2.75) is 58.5 Å². The largest absolute Gasteiger partial charge is 0.304 e. The minimum atomic E-state index is -0.534. The number of carbonyl (C=O) groups is 2. The molecule has 3 heteroatoms. The summed E-state index contributed by atoms with van der Waals surface area (Å²) in [5.74, 6) is -0.355. The molecule has 0 amide bonds. The quantitative estimate of drug-likeness (QED) is 0.810. The molecule has 1 aliphatic carbocycles. The molecule has 22 heavy (non-hydrogen) atoms. The third kappa shape index (κ3) is 2.74. The van der Waals surface area contributed by atoms with E-state index in [2.05, 4.69) is 31.3 Å². The first kappa shape index (κ1) is 15.4. The van der Waals surface area contributed by atoms with Crippen LogP contribution in [0.3, 0.4) is 0 Å². The highest BCUT2D eigenvalue weighted by Gasteiger charge is 2.46. The van der Waals surface area contributed by atoms with E-state index in [0.717, 1.165) is 12.0 Å². The zero-order chi connectivity index (χ0) is 16.1. The maximum absolute atomic E-state index is 12.7. The summed E-state index contributed by atoms with van der Waals surface area (Å²) in [5.41, 5.74) is 2.07. The van der Waals surface area contributed by atoms with Gasteiger partial charge in [-0.1, -0.05) is 38.1 Å². The van der Waals surface area contributed by atoms with Gasteiger partial charge in [-0.05, 0) is 36.8 Å². The van der Waals surface area contributed by atoms with Gasteiger partial charge in [-0.15, -0.1) is 0 Å². The number of benzene rings is 1. The van der Waals surface area contributed by atoms with Crippen LogP contribution >= 0.6 is 0 Å². The number of nitrogens with one attached hydrogen (secondary N) is 1. The van der Waals surface area contributed by atoms with E-state index in [0.29, 0.717) is 12.8 Å². The molecule has 1 saturated carbocycles. The summed E-state index contributed by atoms with van der Waals surface area (Å²) < 4.78 is 0. The van der Waals surface area contributed by atoms with Gasteiger partial charge in [0.05, 0.1) is 5.92 Å². The minimum Gasteiger partial charge on any atom is -0.304 e. The fraction of sp³-hybridized carbons (Fsp3) is 0.579. The molecule has 0 saturated heterocycles. The van der Waals surface area contributed by atoms with Crippen molar-refractivity contribution in [3.63, 3.8) is 0 Å². The van der Waals surface area contributed by atoms with E-state index >= 15 is 0 Å². The lowest BCUT2D eigenvalue weighted by molar-refractivity contribution is -0.141. The third-order valence-electron chi connectivity index (χ3n) is 4.90. The van der Waals surface area contributed by atoms with Crippen molar-refractivity contribution in [1.82, 2.24) is 5.32 Å². The third-order valence-corrected chi connectivity index (χ3v) is 4.90. The van der Waals surface area contributed by atoms with Gasteiger partial charge >= 0.3 is 0 Å². The molecule has 1 fully saturated rings. The lowest BCUT2D eigenvalue weighted by atomic mass is 9.67. The highest BCUT2D eigenvalue weighted by Crippen LogP contribution is 2.42. The Kier molecular flexibility index (Phi) is 3.52. The first-order valence-corrected chi connectivity index (χ1v) is 8.09. The molecule has 0 bridgehead atoms. The van der Waals surface area contributed by atoms with Gasteiger partial charge in [0.15, 0.2) is 0 Å². The number of carbonyl (C=O) groups excluding carboxylic acids is 2. The topological polar surface area (TPSA) is 46.2 Å². The maximum Gasteiger partial charge on any atom is 0.145 e. The summed E-state index contributed by atoms with van der Waals surface area (Å²) in [4.78, 5) is 25.4. The molecule has 1 aromatic rings. The van der Waals surface area contributed by atoms with Crippen LogP contribution < -0.4 is 5.32 Å². The van der Waals surface area contributed by atoms with Crippen LogP contribution in [0.1, 0.15) is 57.7 Å². The van der Waals surface area contributed by atoms with E-state index in [4.69, 9.17) is 0 Å². The van der Waals surface area contributed by atoms with Crippen molar-refractivity contribution in [2.24, 2.45) is 11.3 Å². The summed E-state index contributed by atoms with van der Waals surface area (Å²) in [6.45, 7) is 8.28. The zero-order valence-corrected chi connectivity index (χ0v) is 13.9. The second kappa shape index (κ2) is 5.02. The number of rotatable bonds is 1. The van der Waals surface area contributed by atoms with E-state index in [1.54, 1.807) is 0 Å². The fourth-order valence-corrected chi connectivity index (χ4v) is 4.06. The highest BCUT2D eigenvalue weighted by atomic mass is 16.2. The molecule has 2 aliphatic rings. The Labute approximate surface area is 132 Å². The fourth-order valence-electron chi connectivity index (χ4n) is 4.06. The van der Waals surface area contributed by atoms with Gasteiger partial charge in [0, 0.05) is 24.4 Å². The van der Waals surface area contributed by atoms with Crippen LogP contribution in [0, 0.1) is 11.3 Å². The van der Waals surface area contributed by atoms with Crippen LogP contribution in [-0.4, -0.2) is 17.1 Å². The van der Waals surface area contributed by atoms with Crippen molar-refractivity contribution in [1.29, 1.82) is 0 Å². The second-order valence-electron chi connectivity index (χ2n) is 8.31. The molecule has 0 radical (unpaired) electrons. The number of hydrogen-bond donors (Lipinski definition) is 1. The molecule has 118 valence electrons. The van der Waals surface area contributed by atoms with Gasteiger partial charge in [0.25, 0.3) is 0 Å². The first-order chi connectivity index (χ1) is 10.2. The molecular weight excluding hydrogens is 274 g/mol. The molecule has 0 spiro atoms. The molecular formula is C19H25NO2. The Balaban J connectivity index is 2.01. The molecule has 1 unspecified atom stereocenters. The average Bonchev–Trinajstić information content (AvgIpc) is 2.34. The smallest absolute Gasteiger partial charge is 0.145 e. The SMILES string of the molecule is CC1(C)CC(=O)C(C2NC(C)(C)Cc3ccccc32)C(=O)C1. The zero-order valence-electron chi connectivity index (χ0n) is 13.9. The van der Waals surface area contributed by atoms with Crippen LogP contribution in [0.4, 0.5) is 0 Å². The number of fused-ring (bicyclic) bond motifs is 1. The Bertz CT molecular complexity index is 610. The maximum atomic E-state index is 12.7. The van der Waals surface area contributed by atoms with Gasteiger partial charge < -0.3 is 5.32 Å². The van der Waals surface area contributed by atoms with Crippen molar-refractivity contribution in [3.05, 3.63) is 35.4 Å². The Morgan fingerprint density at radius 2 is 1.55 bits per heavy atom. The molecule has 1 N–H and O–H groups in total. The van der Waals surface area contributed by atoms with Gasteiger partial charge in [-0.25, -0.2) is 0 Å². The predicted molar refractivity (Wildman–Crippen MR) is 86.6 cm³/mol. The van der Waals surface area contributed by atoms with Crippen molar-refractivity contribution >= 4 is 11.6 Å². The Morgan fingerprint density at radius 1 is 0.955 bits per heavy atom. The number of ketones is 2. The molecule has 0 aromatic heterocycles. The van der Waals surface area contributed by atoms with Crippen molar-refractivity contribution in [2.75, 3.05) is 0 Å². The summed E-state index contributed by atoms with van der Waals surface area (Å²) in [6.07, 6.45) is 1.90. The van der Waals surface area contributed by atoms with Gasteiger partial charge in [-0.2, -0.15) is 0 Å². The van der Waals surface area contributed by atoms with Crippen LogP contribution in [0.2, 0.25) is 0 Å². The van der Waals surface area contributed by atoms with Gasteiger partial charge in [0.1, 0.15) is 11.6 Å². The normalized spacial score (nSPS) is 27.5. The molecule has 1 aliphatic heterocycles. The summed E-state index contributed by atoms with van der Waals surface area (Å²) in [5, 5.41) is 3.57. The molecule has 1 heterocycles. The van der Waals surface area contributed by atoms with Crippen molar-refractivity contribution in [3.8, 4) is 0 Å². The van der Waals surface area contributed by atoms with E-state index in [1.165, 1.54) is 5.56 Å². The van der Waals surface area contributed by atoms with Crippen LogP contribution in [0.5, 0.6) is 0 Å². The second-order valence-corrected chi connectivity index (χ2v) is 8.31. The molecule has 3 rings (SSSR count). The summed E-state index contributed by atoms with van der Waals surface area (Å²) >= 11 is 0. The van der Waals surface area contributed by atoms with Crippen LogP contribution in [0.15, 0.2) is 24.3 Å². The molecule has 3 nitrogen and oxygen atoms in total. The summed E-state index contributed by atoms with van der Waals surface area (Å²) in [6, 6.07) is 8.02. The lowest BCUT2D eigenvalue weighted by Crippen LogP contribution is -2.54. The predicted octanol–water partition coefficient (Wildman–Crippen LogP) is 3.23. The van der Waals surface area contributed by atoms with E-state index < -0.39 is 5.92 Å². The molecule has 1 atom stereocenters. The summed E-state index contributed by atoms with van der Waals surface area (Å²) in [7, 11) is 0. The van der Waals surface area contributed by atoms with Gasteiger partial charge in [-0.3, -0.25) is 9.59 Å². The van der Waals surface area contributed by atoms with Crippen LogP contribution in [0.25, 0.3) is 0 Å². The van der Waals surface area contributed by atoms with Gasteiger partial charge in [0.2, 0.25) is 0 Å². The minimum absolute atomic E-state index is 0.0891. The average molecular weight is 299 g/mol. The highest BCUT2D eigenvalue weighted by molar-refractivity contribution is 6.06. The number of hydrogen-bond acceptors (Lipinski definition) is 3. The van der Waals surface area contributed by atoms with E-state index in [9.17, 15) is 9.59 Å². The molecule has 1 aromatic carbocycles. The van der Waals surface area contributed by atoms with E-state index in [-0.39, 0.29) is 28.6 Å². The standard InChI is InChI=1S/C19H25NO2/c1-18(2)10-14(21)16(15(22)11-18)17-13-8-6-5-7-12(13)9-19(3,4)20-17/h5-8,16-17,20H,9-11H2,1-4H3. The van der Waals surface area contributed by atoms with Crippen LogP contribution in [-0.2, 0) is 16.0 Å². The number of Topliss-reactive ketones (excluding diaryl/α,β-unsaturated/α-hetero) is 2. The lowest BCUT2D eigenvalue weighted by Gasteiger charge is -2.43. The Hall–Kier alpha value is -1.48. The Morgan fingerprint density at radius 3 is 2.18 bits per heavy atom. The first-order valence-electron chi connectivity index (χ1n) is 8.09. The monoisotopic (exact) mass is 299 g/mol. The van der Waals surface area contributed by atoms with E-state index in [1.807, 2.05) is 26.0 Å².